The lowest BCUT2D eigenvalue weighted by molar-refractivity contribution is -0.129. The van der Waals surface area contributed by atoms with Gasteiger partial charge in [0.1, 0.15) is 12.4 Å². The number of carbonyl (C=O) groups is 3. The van der Waals surface area contributed by atoms with E-state index in [0.717, 1.165) is 31.5 Å². The number of hydrogen-bond donors (Lipinski definition) is 2. The number of ether oxygens (including phenoxy) is 1. The van der Waals surface area contributed by atoms with Gasteiger partial charge in [-0.1, -0.05) is 29.8 Å². The van der Waals surface area contributed by atoms with E-state index >= 15 is 0 Å². The van der Waals surface area contributed by atoms with Gasteiger partial charge in [0.15, 0.2) is 0 Å². The number of nitrogens with one attached hydrogen (secondary N) is 1. The molecule has 1 fully saturated rings. The maximum Gasteiger partial charge on any atom is 0.318 e. The van der Waals surface area contributed by atoms with E-state index in [9.17, 15) is 14.4 Å². The lowest BCUT2D eigenvalue weighted by atomic mass is 10.1. The normalized spacial score (nSPS) is 17.4. The molecule has 4 amide bonds. The Morgan fingerprint density at radius 3 is 2.61 bits per heavy atom. The van der Waals surface area contributed by atoms with Crippen molar-refractivity contribution in [1.29, 1.82) is 0 Å². The van der Waals surface area contributed by atoms with E-state index in [2.05, 4.69) is 5.32 Å². The Morgan fingerprint density at radius 1 is 1.14 bits per heavy atom. The van der Waals surface area contributed by atoms with Crippen molar-refractivity contribution in [3.8, 4) is 5.75 Å². The zero-order valence-corrected chi connectivity index (χ0v) is 21.0. The number of benzene rings is 2. The molecule has 2 aliphatic heterocycles. The highest BCUT2D eigenvalue weighted by molar-refractivity contribution is 6.34. The third-order valence-corrected chi connectivity index (χ3v) is 6.80. The van der Waals surface area contributed by atoms with E-state index in [1.807, 2.05) is 31.2 Å². The van der Waals surface area contributed by atoms with E-state index in [4.69, 9.17) is 21.4 Å². The van der Waals surface area contributed by atoms with Gasteiger partial charge in [0.2, 0.25) is 5.91 Å². The molecule has 2 aromatic carbocycles. The summed E-state index contributed by atoms with van der Waals surface area (Å²) in [6, 6.07) is 11.6. The highest BCUT2D eigenvalue weighted by Crippen LogP contribution is 2.31. The van der Waals surface area contributed by atoms with Crippen LogP contribution in [0.25, 0.3) is 0 Å². The number of hydrogen-bond acceptors (Lipinski definition) is 5. The van der Waals surface area contributed by atoms with Gasteiger partial charge >= 0.3 is 6.03 Å². The quantitative estimate of drug-likeness (QED) is 0.617. The van der Waals surface area contributed by atoms with Crippen LogP contribution in [-0.4, -0.2) is 78.2 Å². The Bertz CT molecular complexity index is 1120. The van der Waals surface area contributed by atoms with Crippen molar-refractivity contribution in [3.63, 3.8) is 0 Å². The summed E-state index contributed by atoms with van der Waals surface area (Å²) in [5, 5.41) is 12.0. The molecule has 10 heteroatoms. The third kappa shape index (κ3) is 5.74. The highest BCUT2D eigenvalue weighted by Gasteiger charge is 2.32. The standard InChI is InChI=1S/C26H31ClN4O5/c1-18-16-31(25(34)21-9-8-20(14-22(21)27)36-13-12-32)23-7-3-2-6-19(23)17-30(18)26(35)28-15-24(33)29-10-4-5-11-29/h2-3,6-9,14,18,32H,4-5,10-13,15-17H2,1H3,(H,28,35)/t18-/m1/s1. The van der Waals surface area contributed by atoms with Gasteiger partial charge in [-0.2, -0.15) is 0 Å². The van der Waals surface area contributed by atoms with E-state index in [-0.39, 0.29) is 55.2 Å². The molecule has 2 aromatic rings. The number of anilines is 1. The Morgan fingerprint density at radius 2 is 1.89 bits per heavy atom. The third-order valence-electron chi connectivity index (χ3n) is 6.49. The Balaban J connectivity index is 1.52. The van der Waals surface area contributed by atoms with Gasteiger partial charge in [0.05, 0.1) is 23.7 Å². The van der Waals surface area contributed by atoms with Crippen LogP contribution < -0.4 is 15.0 Å². The van der Waals surface area contributed by atoms with Gasteiger partial charge < -0.3 is 29.9 Å². The first kappa shape index (κ1) is 25.8. The van der Waals surface area contributed by atoms with E-state index in [1.165, 1.54) is 0 Å². The van der Waals surface area contributed by atoms with Gasteiger partial charge in [0, 0.05) is 37.9 Å². The molecular formula is C26H31ClN4O5. The number of fused-ring (bicyclic) bond motifs is 1. The van der Waals surface area contributed by atoms with Crippen LogP contribution in [-0.2, 0) is 11.3 Å². The minimum atomic E-state index is -0.345. The number of amides is 4. The first-order valence-electron chi connectivity index (χ1n) is 12.1. The molecule has 0 aromatic heterocycles. The SMILES string of the molecule is C[C@@H]1CN(C(=O)c2ccc(OCCO)cc2Cl)c2ccccc2CN1C(=O)NCC(=O)N1CCCC1. The fourth-order valence-corrected chi connectivity index (χ4v) is 4.82. The molecule has 0 unspecified atom stereocenters. The molecule has 4 rings (SSSR count). The van der Waals surface area contributed by atoms with Crippen molar-refractivity contribution in [2.75, 3.05) is 44.3 Å². The van der Waals surface area contributed by atoms with Gasteiger partial charge in [-0.3, -0.25) is 9.59 Å². The van der Waals surface area contributed by atoms with Gasteiger partial charge in [-0.15, -0.1) is 0 Å². The molecule has 0 aliphatic carbocycles. The average Bonchev–Trinajstić information content (AvgIpc) is 3.38. The van der Waals surface area contributed by atoms with Crippen molar-refractivity contribution in [3.05, 3.63) is 58.6 Å². The summed E-state index contributed by atoms with van der Waals surface area (Å²) in [7, 11) is 0. The van der Waals surface area contributed by atoms with Crippen LogP contribution in [0.4, 0.5) is 10.5 Å². The predicted octanol–water partition coefficient (Wildman–Crippen LogP) is 2.89. The van der Waals surface area contributed by atoms with Gasteiger partial charge in [-0.05, 0) is 49.6 Å². The number of carbonyl (C=O) groups excluding carboxylic acids is 3. The fraction of sp³-hybridized carbons (Fsp3) is 0.423. The van der Waals surface area contributed by atoms with Gasteiger partial charge in [0.25, 0.3) is 5.91 Å². The van der Waals surface area contributed by atoms with Crippen LogP contribution in [0.5, 0.6) is 5.75 Å². The highest BCUT2D eigenvalue weighted by atomic mass is 35.5. The number of halogens is 1. The maximum absolute atomic E-state index is 13.6. The molecule has 0 spiro atoms. The van der Waals surface area contributed by atoms with Crippen LogP contribution >= 0.6 is 11.6 Å². The second-order valence-electron chi connectivity index (χ2n) is 8.98. The average molecular weight is 515 g/mol. The number of aliphatic hydroxyl groups excluding tert-OH is 1. The number of nitrogens with zero attached hydrogens (tertiary/aromatic N) is 3. The lowest BCUT2D eigenvalue weighted by Gasteiger charge is -2.29. The summed E-state index contributed by atoms with van der Waals surface area (Å²) in [6.07, 6.45) is 1.98. The number of urea groups is 1. The molecule has 2 N–H and O–H groups in total. The number of likely N-dealkylation sites (tertiary alicyclic amines) is 1. The fourth-order valence-electron chi connectivity index (χ4n) is 4.57. The van der Waals surface area contributed by atoms with Crippen LogP contribution in [0.3, 0.4) is 0 Å². The smallest absolute Gasteiger partial charge is 0.318 e. The largest absolute Gasteiger partial charge is 0.491 e. The summed E-state index contributed by atoms with van der Waals surface area (Å²) in [5.41, 5.74) is 1.83. The first-order chi connectivity index (χ1) is 17.4. The van der Waals surface area contributed by atoms with E-state index in [0.29, 0.717) is 23.5 Å². The molecule has 2 heterocycles. The Labute approximate surface area is 215 Å². The minimum Gasteiger partial charge on any atom is -0.491 e. The van der Waals surface area contributed by atoms with Crippen molar-refractivity contribution < 1.29 is 24.2 Å². The predicted molar refractivity (Wildman–Crippen MR) is 136 cm³/mol. The van der Waals surface area contributed by atoms with Crippen molar-refractivity contribution in [2.24, 2.45) is 0 Å². The molecular weight excluding hydrogens is 484 g/mol. The molecule has 0 bridgehead atoms. The molecule has 1 saturated heterocycles. The molecule has 0 saturated carbocycles. The van der Waals surface area contributed by atoms with Crippen LogP contribution in [0, 0.1) is 0 Å². The summed E-state index contributed by atoms with van der Waals surface area (Å²) in [5.74, 6) is 0.0858. The number of rotatable bonds is 6. The van der Waals surface area contributed by atoms with Crippen LogP contribution in [0.15, 0.2) is 42.5 Å². The second kappa shape index (κ2) is 11.6. The Kier molecular flexibility index (Phi) is 8.32. The summed E-state index contributed by atoms with van der Waals surface area (Å²) >= 11 is 6.43. The van der Waals surface area contributed by atoms with E-state index in [1.54, 1.807) is 32.9 Å². The minimum absolute atomic E-state index is 0.0490. The van der Waals surface area contributed by atoms with E-state index < -0.39 is 0 Å². The second-order valence-corrected chi connectivity index (χ2v) is 9.39. The zero-order valence-electron chi connectivity index (χ0n) is 20.3. The van der Waals surface area contributed by atoms with Gasteiger partial charge in [-0.25, -0.2) is 4.79 Å². The van der Waals surface area contributed by atoms with Crippen LogP contribution in [0.1, 0.15) is 35.7 Å². The molecule has 192 valence electrons. The molecule has 9 nitrogen and oxygen atoms in total. The monoisotopic (exact) mass is 514 g/mol. The summed E-state index contributed by atoms with van der Waals surface area (Å²) < 4.78 is 5.38. The topological polar surface area (TPSA) is 102 Å². The van der Waals surface area contributed by atoms with Crippen molar-refractivity contribution in [2.45, 2.75) is 32.4 Å². The number of aliphatic hydroxyl groups is 1. The number of para-hydroxylation sites is 1. The summed E-state index contributed by atoms with van der Waals surface area (Å²) in [4.78, 5) is 44.2. The van der Waals surface area contributed by atoms with Crippen molar-refractivity contribution >= 4 is 35.1 Å². The molecule has 2 aliphatic rings. The maximum atomic E-state index is 13.6. The Hall–Kier alpha value is -3.30. The molecule has 36 heavy (non-hydrogen) atoms. The van der Waals surface area contributed by atoms with Crippen molar-refractivity contribution in [1.82, 2.24) is 15.1 Å². The molecule has 1 atom stereocenters. The lowest BCUT2D eigenvalue weighted by Crippen LogP contribution is -2.50. The first-order valence-corrected chi connectivity index (χ1v) is 12.5. The zero-order chi connectivity index (χ0) is 25.7. The van der Waals surface area contributed by atoms with Crippen LogP contribution in [0.2, 0.25) is 5.02 Å². The summed E-state index contributed by atoms with van der Waals surface area (Å²) in [6.45, 7) is 3.84. The molecule has 0 radical (unpaired) electrons.